The summed E-state index contributed by atoms with van der Waals surface area (Å²) in [6.07, 6.45) is 1.92. The zero-order valence-electron chi connectivity index (χ0n) is 45.8. The monoisotopic (exact) mass is 1170 g/mol. The third-order valence-corrected chi connectivity index (χ3v) is 14.6. The molecule has 5 nitrogen and oxygen atoms in total. The van der Waals surface area contributed by atoms with Gasteiger partial charge in [-0.15, -0.1) is 23.6 Å². The summed E-state index contributed by atoms with van der Waals surface area (Å²) in [4.78, 5) is 5.01. The van der Waals surface area contributed by atoms with Gasteiger partial charge in [0.05, 0.1) is 5.56 Å². The zero-order chi connectivity index (χ0) is 52.6. The Kier molecular flexibility index (Phi) is 13.4. The molecule has 0 amide bonds. The minimum Gasteiger partial charge on any atom is -0.509 e. The molecule has 8 aromatic carbocycles. The van der Waals surface area contributed by atoms with E-state index in [4.69, 9.17) is 9.72 Å². The Bertz CT molecular complexity index is 3910. The number of para-hydroxylation sites is 1. The van der Waals surface area contributed by atoms with Crippen molar-refractivity contribution < 1.29 is 25.8 Å². The van der Waals surface area contributed by atoms with Gasteiger partial charge in [-0.25, -0.2) is 4.98 Å². The molecule has 11 rings (SSSR count). The van der Waals surface area contributed by atoms with Crippen molar-refractivity contribution in [2.24, 2.45) is 0 Å². The first-order valence-electron chi connectivity index (χ1n) is 26.3. The van der Waals surface area contributed by atoms with E-state index in [2.05, 4.69) is 273 Å². The van der Waals surface area contributed by atoms with Gasteiger partial charge < -0.3 is 9.30 Å². The van der Waals surface area contributed by atoms with Crippen LogP contribution in [0.15, 0.2) is 182 Å². The summed E-state index contributed by atoms with van der Waals surface area (Å²) in [5.41, 5.74) is 17.8. The maximum atomic E-state index is 6.82. The maximum Gasteiger partial charge on any atom is 2.00 e. The first-order chi connectivity index (χ1) is 35.7. The van der Waals surface area contributed by atoms with Gasteiger partial charge in [0.1, 0.15) is 11.5 Å². The van der Waals surface area contributed by atoms with E-state index < -0.39 is 0 Å². The van der Waals surface area contributed by atoms with Gasteiger partial charge in [0.2, 0.25) is 5.69 Å². The number of pyridine rings is 1. The topological polar surface area (TPSA) is 33.1 Å². The third-order valence-electron chi connectivity index (χ3n) is 14.6. The van der Waals surface area contributed by atoms with Crippen molar-refractivity contribution in [3.63, 3.8) is 0 Å². The van der Waals surface area contributed by atoms with E-state index in [0.717, 1.165) is 61.5 Å². The van der Waals surface area contributed by atoms with E-state index in [1.54, 1.807) is 0 Å². The van der Waals surface area contributed by atoms with Crippen LogP contribution in [0.3, 0.4) is 0 Å². The predicted octanol–water partition coefficient (Wildman–Crippen LogP) is 18.6. The molecule has 76 heavy (non-hydrogen) atoms. The summed E-state index contributed by atoms with van der Waals surface area (Å²) in [5.74, 6) is 1.98. The Hall–Kier alpha value is -7.42. The van der Waals surface area contributed by atoms with Gasteiger partial charge in [-0.2, -0.15) is 12.1 Å². The van der Waals surface area contributed by atoms with Gasteiger partial charge in [-0.3, -0.25) is 0 Å². The Labute approximate surface area is 464 Å². The summed E-state index contributed by atoms with van der Waals surface area (Å²) < 4.78 is 13.4. The van der Waals surface area contributed by atoms with E-state index in [-0.39, 0.29) is 42.7 Å². The van der Waals surface area contributed by atoms with Crippen LogP contribution in [0.25, 0.3) is 61.0 Å². The molecule has 0 fully saturated rings. The molecule has 0 N–H and O–H groups in total. The van der Waals surface area contributed by atoms with Crippen LogP contribution in [0.4, 0.5) is 22.7 Å². The number of fused-ring (bicyclic) bond motifs is 4. The number of nitrogens with zero attached hydrogens (tertiary/aromatic N) is 4. The molecule has 0 saturated carbocycles. The molecule has 0 atom stereocenters. The number of rotatable bonds is 8. The number of benzene rings is 8. The zero-order valence-corrected chi connectivity index (χ0v) is 48.1. The molecular formula is C70H66N4OPt+2. The Morgan fingerprint density at radius 3 is 1.82 bits per heavy atom. The van der Waals surface area contributed by atoms with Gasteiger partial charge in [-0.1, -0.05) is 202 Å². The van der Waals surface area contributed by atoms with Crippen molar-refractivity contribution in [3.05, 3.63) is 217 Å². The quantitative estimate of drug-likeness (QED) is 0.112. The first kappa shape index (κ1) is 52.0. The van der Waals surface area contributed by atoms with Crippen LogP contribution in [0.2, 0.25) is 0 Å². The summed E-state index contributed by atoms with van der Waals surface area (Å²) in [6, 6.07) is 74.5. The SMILES string of the molecule is CC(C)(C)c1cccc([N+]2=C=[N+](c3[c-]c(Oc4[c-]c5c(cc4)c4cc(-c6cc(C(C)(C)C)cc(C(C)(C)C)c6)ccc4n5-c4cc(C(C)(C)C)ccn4)ccc3)c3cccc(-c4cccc(-c5ccccc5)c4)c32)c1.[Pt+2]. The van der Waals surface area contributed by atoms with E-state index >= 15 is 0 Å². The van der Waals surface area contributed by atoms with Crippen molar-refractivity contribution in [1.82, 2.24) is 18.7 Å². The second kappa shape index (κ2) is 19.6. The van der Waals surface area contributed by atoms with E-state index in [9.17, 15) is 0 Å². The molecule has 0 aliphatic carbocycles. The fraction of sp³-hybridized carbons (Fsp3) is 0.229. The van der Waals surface area contributed by atoms with Crippen LogP contribution in [-0.4, -0.2) is 15.6 Å². The van der Waals surface area contributed by atoms with Crippen molar-refractivity contribution in [2.45, 2.75) is 105 Å². The summed E-state index contributed by atoms with van der Waals surface area (Å²) >= 11 is 0. The van der Waals surface area contributed by atoms with Crippen LogP contribution in [0, 0.1) is 12.1 Å². The molecular weight excluding hydrogens is 1110 g/mol. The van der Waals surface area contributed by atoms with Gasteiger partial charge in [0.25, 0.3) is 5.69 Å². The fourth-order valence-corrected chi connectivity index (χ4v) is 10.2. The smallest absolute Gasteiger partial charge is 0.509 e. The molecule has 1 aliphatic rings. The Morgan fingerprint density at radius 2 is 1.09 bits per heavy atom. The number of hydrogen-bond acceptors (Lipinski definition) is 2. The van der Waals surface area contributed by atoms with Gasteiger partial charge in [0, 0.05) is 41.4 Å². The Balaban J connectivity index is 0.00000657. The van der Waals surface area contributed by atoms with Crippen molar-refractivity contribution >= 4 is 50.6 Å². The number of ether oxygens (including phenoxy) is 1. The van der Waals surface area contributed by atoms with Crippen LogP contribution in [-0.2, 0) is 42.7 Å². The standard InChI is InChI=1S/C70H66N4O.Pt/c1-67(2,3)51-24-17-25-55(41-51)73-45-72(63-29-19-28-59(66(63)73)49-23-16-22-47(36-49)46-20-14-13-15-21-46)56-26-18-27-57(43-56)75-58-31-32-60-61-39-48(50-37-53(69(7,8)9)40-54(38-50)70(10,11)12)30-33-62(61)74(64(60)44-58)65-42-52(34-35-71-65)68(4,5)6;/h13-42H,1-12H3;/q;+2. The van der Waals surface area contributed by atoms with Gasteiger partial charge in [-0.05, 0) is 112 Å². The van der Waals surface area contributed by atoms with Crippen LogP contribution >= 0.6 is 0 Å². The molecule has 3 heterocycles. The molecule has 0 radical (unpaired) electrons. The number of aromatic nitrogens is 2. The fourth-order valence-electron chi connectivity index (χ4n) is 10.2. The summed E-state index contributed by atoms with van der Waals surface area (Å²) in [6.45, 7) is 27.3. The molecule has 10 aromatic rings. The van der Waals surface area contributed by atoms with E-state index in [0.29, 0.717) is 11.5 Å². The van der Waals surface area contributed by atoms with Crippen LogP contribution < -0.4 is 13.9 Å². The average molecular weight is 1170 g/mol. The largest absolute Gasteiger partial charge is 2.00 e. The molecule has 6 heteroatoms. The molecule has 2 aromatic heterocycles. The van der Waals surface area contributed by atoms with Gasteiger partial charge in [0.15, 0.2) is 0 Å². The first-order valence-corrected chi connectivity index (χ1v) is 26.3. The minimum absolute atomic E-state index is 0. The predicted molar refractivity (Wildman–Crippen MR) is 315 cm³/mol. The van der Waals surface area contributed by atoms with Crippen molar-refractivity contribution in [2.75, 3.05) is 0 Å². The van der Waals surface area contributed by atoms with Crippen LogP contribution in [0.5, 0.6) is 11.5 Å². The Morgan fingerprint density at radius 1 is 0.461 bits per heavy atom. The second-order valence-electron chi connectivity index (χ2n) is 24.3. The molecule has 0 saturated heterocycles. The molecule has 0 bridgehead atoms. The molecule has 1 aliphatic heterocycles. The van der Waals surface area contributed by atoms with E-state index in [1.807, 2.05) is 24.4 Å². The van der Waals surface area contributed by atoms with Gasteiger partial charge >= 0.3 is 32.8 Å². The number of hydrogen-bond donors (Lipinski definition) is 0. The average Bonchev–Trinajstić information content (AvgIpc) is 3.98. The molecule has 0 unspecified atom stereocenters. The molecule has 0 spiro atoms. The third kappa shape index (κ3) is 10.1. The second-order valence-corrected chi connectivity index (χ2v) is 24.3. The van der Waals surface area contributed by atoms with E-state index in [1.165, 1.54) is 44.5 Å². The van der Waals surface area contributed by atoms with Crippen molar-refractivity contribution in [1.29, 1.82) is 0 Å². The normalized spacial score (nSPS) is 12.8. The minimum atomic E-state index is -0.0709. The van der Waals surface area contributed by atoms with Crippen molar-refractivity contribution in [3.8, 4) is 50.7 Å². The summed E-state index contributed by atoms with van der Waals surface area (Å²) in [5, 5.41) is 2.20. The van der Waals surface area contributed by atoms with Crippen LogP contribution in [0.1, 0.15) is 105 Å². The maximum absolute atomic E-state index is 6.82. The summed E-state index contributed by atoms with van der Waals surface area (Å²) in [7, 11) is 0. The molecule has 380 valence electrons.